The number of hydrogen-bond donors (Lipinski definition) is 1. The Morgan fingerprint density at radius 1 is 1.64 bits per heavy atom. The maximum Gasteiger partial charge on any atom is 0.155 e. The molecule has 0 amide bonds. The summed E-state index contributed by atoms with van der Waals surface area (Å²) in [4.78, 5) is 0. The van der Waals surface area contributed by atoms with Crippen LogP contribution in [0.4, 0.5) is 0 Å². The lowest BCUT2D eigenvalue weighted by atomic mass is 9.73. The Kier molecular flexibility index (Phi) is 2.28. The summed E-state index contributed by atoms with van der Waals surface area (Å²) >= 11 is 0. The molecule has 78 valence electrons. The lowest BCUT2D eigenvalue weighted by Crippen LogP contribution is -2.31. The van der Waals surface area contributed by atoms with Crippen molar-refractivity contribution in [1.29, 1.82) is 0 Å². The van der Waals surface area contributed by atoms with Crippen molar-refractivity contribution in [1.82, 2.24) is 0 Å². The van der Waals surface area contributed by atoms with Gasteiger partial charge in [0.05, 0.1) is 6.10 Å². The van der Waals surface area contributed by atoms with E-state index in [4.69, 9.17) is 4.74 Å². The molecule has 14 heavy (non-hydrogen) atoms. The molecule has 2 rings (SSSR count). The number of ether oxygens (including phenoxy) is 1. The highest BCUT2D eigenvalue weighted by Gasteiger charge is 2.45. The van der Waals surface area contributed by atoms with Gasteiger partial charge in [0.25, 0.3) is 0 Å². The van der Waals surface area contributed by atoms with Gasteiger partial charge in [0.2, 0.25) is 0 Å². The van der Waals surface area contributed by atoms with E-state index >= 15 is 0 Å². The van der Waals surface area contributed by atoms with Crippen LogP contribution in [0.1, 0.15) is 26.7 Å². The fourth-order valence-electron chi connectivity index (χ4n) is 2.41. The van der Waals surface area contributed by atoms with Gasteiger partial charge in [0.15, 0.2) is 6.29 Å². The maximum atomic E-state index is 9.47. The van der Waals surface area contributed by atoms with Crippen molar-refractivity contribution >= 4 is 0 Å². The number of fused-ring (bicyclic) bond motifs is 1. The van der Waals surface area contributed by atoms with E-state index in [1.165, 1.54) is 5.57 Å². The molecule has 0 saturated carbocycles. The molecule has 0 aromatic rings. The summed E-state index contributed by atoms with van der Waals surface area (Å²) in [6, 6.07) is 0. The molecule has 1 N–H and O–H groups in total. The fourth-order valence-corrected chi connectivity index (χ4v) is 2.41. The third-order valence-electron chi connectivity index (χ3n) is 3.48. The minimum atomic E-state index is -0.585. The van der Waals surface area contributed by atoms with E-state index in [0.717, 1.165) is 12.8 Å². The Balaban J connectivity index is 2.19. The maximum absolute atomic E-state index is 9.47. The smallest absolute Gasteiger partial charge is 0.155 e. The monoisotopic (exact) mass is 194 g/mol. The standard InChI is InChI=1S/C12H18O2/c1-8(2)9-4-5-12(3)7-11(13)14-10(12)6-9/h4-5,9-11,13H,1,6-7H2,2-3H3/t9-,10-,11?,12-/m0/s1. The average Bonchev–Trinajstić information content (AvgIpc) is 2.37. The third-order valence-corrected chi connectivity index (χ3v) is 3.48. The Morgan fingerprint density at radius 3 is 3.00 bits per heavy atom. The van der Waals surface area contributed by atoms with E-state index in [9.17, 15) is 5.11 Å². The Hall–Kier alpha value is -0.600. The Bertz CT molecular complexity index is 282. The summed E-state index contributed by atoms with van der Waals surface area (Å²) < 4.78 is 5.51. The number of aliphatic hydroxyl groups excluding tert-OH is 1. The van der Waals surface area contributed by atoms with Crippen molar-refractivity contribution in [2.75, 3.05) is 0 Å². The molecule has 0 radical (unpaired) electrons. The van der Waals surface area contributed by atoms with Gasteiger partial charge in [-0.15, -0.1) is 0 Å². The van der Waals surface area contributed by atoms with Crippen LogP contribution >= 0.6 is 0 Å². The number of allylic oxidation sites excluding steroid dienone is 2. The van der Waals surface area contributed by atoms with Gasteiger partial charge in [-0.3, -0.25) is 0 Å². The first-order valence-corrected chi connectivity index (χ1v) is 5.19. The summed E-state index contributed by atoms with van der Waals surface area (Å²) in [5, 5.41) is 9.47. The normalized spacial score (nSPS) is 46.4. The van der Waals surface area contributed by atoms with Gasteiger partial charge in [-0.25, -0.2) is 0 Å². The highest BCUT2D eigenvalue weighted by molar-refractivity contribution is 5.18. The Labute approximate surface area is 85.3 Å². The van der Waals surface area contributed by atoms with Gasteiger partial charge >= 0.3 is 0 Å². The molecule has 0 bridgehead atoms. The van der Waals surface area contributed by atoms with E-state index < -0.39 is 6.29 Å². The topological polar surface area (TPSA) is 29.5 Å². The zero-order chi connectivity index (χ0) is 10.3. The molecule has 1 fully saturated rings. The minimum Gasteiger partial charge on any atom is -0.368 e. The molecule has 2 nitrogen and oxygen atoms in total. The van der Waals surface area contributed by atoms with E-state index in [-0.39, 0.29) is 11.5 Å². The molecular formula is C12H18O2. The van der Waals surface area contributed by atoms with Crippen LogP contribution in [0.2, 0.25) is 0 Å². The van der Waals surface area contributed by atoms with E-state index in [0.29, 0.717) is 5.92 Å². The molecule has 1 aliphatic carbocycles. The van der Waals surface area contributed by atoms with Gasteiger partial charge < -0.3 is 9.84 Å². The van der Waals surface area contributed by atoms with Gasteiger partial charge in [0.1, 0.15) is 0 Å². The van der Waals surface area contributed by atoms with Crippen LogP contribution in [0.5, 0.6) is 0 Å². The molecular weight excluding hydrogens is 176 g/mol. The van der Waals surface area contributed by atoms with E-state index in [1.807, 2.05) is 6.92 Å². The van der Waals surface area contributed by atoms with Crippen LogP contribution < -0.4 is 0 Å². The van der Waals surface area contributed by atoms with E-state index in [2.05, 4.69) is 25.7 Å². The van der Waals surface area contributed by atoms with Crippen molar-refractivity contribution in [3.05, 3.63) is 24.3 Å². The van der Waals surface area contributed by atoms with Crippen LogP contribution in [0, 0.1) is 11.3 Å². The van der Waals surface area contributed by atoms with Crippen LogP contribution in [0.15, 0.2) is 24.3 Å². The molecule has 0 spiro atoms. The van der Waals surface area contributed by atoms with Crippen molar-refractivity contribution < 1.29 is 9.84 Å². The number of hydrogen-bond acceptors (Lipinski definition) is 2. The fraction of sp³-hybridized carbons (Fsp3) is 0.667. The molecule has 2 aliphatic rings. The number of rotatable bonds is 1. The number of aliphatic hydroxyl groups is 1. The van der Waals surface area contributed by atoms with Gasteiger partial charge in [-0.2, -0.15) is 0 Å². The predicted octanol–water partition coefficient (Wildman–Crippen LogP) is 2.25. The van der Waals surface area contributed by atoms with Crippen LogP contribution in [-0.2, 0) is 4.74 Å². The van der Waals surface area contributed by atoms with Crippen LogP contribution in [-0.4, -0.2) is 17.5 Å². The van der Waals surface area contributed by atoms with Crippen LogP contribution in [0.25, 0.3) is 0 Å². The molecule has 1 heterocycles. The van der Waals surface area contributed by atoms with Crippen molar-refractivity contribution in [2.24, 2.45) is 11.3 Å². The highest BCUT2D eigenvalue weighted by Crippen LogP contribution is 2.45. The van der Waals surface area contributed by atoms with Gasteiger partial charge in [-0.05, 0) is 19.3 Å². The molecule has 1 unspecified atom stereocenters. The lowest BCUT2D eigenvalue weighted by molar-refractivity contribution is -0.0979. The zero-order valence-corrected chi connectivity index (χ0v) is 8.86. The molecule has 0 aromatic heterocycles. The first kappa shape index (κ1) is 9.94. The van der Waals surface area contributed by atoms with Crippen molar-refractivity contribution in [3.63, 3.8) is 0 Å². The lowest BCUT2D eigenvalue weighted by Gasteiger charge is -2.33. The molecule has 4 atom stereocenters. The second-order valence-corrected chi connectivity index (χ2v) is 4.84. The second kappa shape index (κ2) is 3.21. The molecule has 1 aliphatic heterocycles. The molecule has 0 aromatic carbocycles. The summed E-state index contributed by atoms with van der Waals surface area (Å²) in [6.07, 6.45) is 5.65. The zero-order valence-electron chi connectivity index (χ0n) is 8.86. The summed E-state index contributed by atoms with van der Waals surface area (Å²) in [5.41, 5.74) is 1.21. The highest BCUT2D eigenvalue weighted by atomic mass is 16.6. The molecule has 2 heteroatoms. The first-order chi connectivity index (χ1) is 6.51. The van der Waals surface area contributed by atoms with Crippen molar-refractivity contribution in [3.8, 4) is 0 Å². The average molecular weight is 194 g/mol. The summed E-state index contributed by atoms with van der Waals surface area (Å²) in [5.74, 6) is 0.415. The third kappa shape index (κ3) is 1.53. The second-order valence-electron chi connectivity index (χ2n) is 4.84. The summed E-state index contributed by atoms with van der Waals surface area (Å²) in [6.45, 7) is 8.16. The van der Waals surface area contributed by atoms with Crippen LogP contribution in [0.3, 0.4) is 0 Å². The minimum absolute atomic E-state index is 0.0331. The van der Waals surface area contributed by atoms with Crippen molar-refractivity contribution in [2.45, 2.75) is 39.1 Å². The van der Waals surface area contributed by atoms with Gasteiger partial charge in [-0.1, -0.05) is 31.2 Å². The first-order valence-electron chi connectivity index (χ1n) is 5.19. The summed E-state index contributed by atoms with van der Waals surface area (Å²) in [7, 11) is 0. The quantitative estimate of drug-likeness (QED) is 0.649. The largest absolute Gasteiger partial charge is 0.368 e. The van der Waals surface area contributed by atoms with Gasteiger partial charge in [0, 0.05) is 11.8 Å². The SMILES string of the molecule is C=C(C)[C@H]1C=C[C@@]2(C)CC(O)O[C@H]2C1. The van der Waals surface area contributed by atoms with E-state index in [1.54, 1.807) is 0 Å². The predicted molar refractivity (Wildman–Crippen MR) is 55.7 cm³/mol. The molecule has 1 saturated heterocycles. The Morgan fingerprint density at radius 2 is 2.36 bits per heavy atom.